The summed E-state index contributed by atoms with van der Waals surface area (Å²) in [6, 6.07) is 1.78. The number of hydrogen-bond acceptors (Lipinski definition) is 2. The molecule has 1 saturated heterocycles. The van der Waals surface area contributed by atoms with Crippen LogP contribution in [0.15, 0.2) is 18.2 Å². The first-order chi connectivity index (χ1) is 9.75. The third-order valence-electron chi connectivity index (χ3n) is 3.85. The predicted molar refractivity (Wildman–Crippen MR) is 67.1 cm³/mol. The number of rotatable bonds is 2. The molecule has 2 rings (SSSR count). The van der Waals surface area contributed by atoms with Crippen LogP contribution in [-0.2, 0) is 6.18 Å². The van der Waals surface area contributed by atoms with Gasteiger partial charge in [-0.05, 0) is 30.5 Å². The highest BCUT2D eigenvalue weighted by molar-refractivity contribution is 5.94. The van der Waals surface area contributed by atoms with Gasteiger partial charge in [0.2, 0.25) is 0 Å². The van der Waals surface area contributed by atoms with E-state index in [4.69, 9.17) is 0 Å². The molecule has 0 spiro atoms. The fourth-order valence-electron chi connectivity index (χ4n) is 2.58. The van der Waals surface area contributed by atoms with Gasteiger partial charge >= 0.3 is 6.18 Å². The molecule has 0 saturated carbocycles. The number of benzene rings is 1. The molecule has 0 bridgehead atoms. The fourth-order valence-corrected chi connectivity index (χ4v) is 2.58. The molecular formula is C14H15F4NO2. The lowest BCUT2D eigenvalue weighted by Gasteiger charge is -2.25. The average molecular weight is 305 g/mol. The number of alkyl halides is 3. The zero-order chi connectivity index (χ0) is 15.8. The summed E-state index contributed by atoms with van der Waals surface area (Å²) in [6.45, 7) is 1.98. The Labute approximate surface area is 119 Å². The molecule has 1 aromatic rings. The number of carbonyl (C=O) groups is 1. The van der Waals surface area contributed by atoms with Crippen molar-refractivity contribution in [3.8, 4) is 0 Å². The lowest BCUT2D eigenvalue weighted by atomic mass is 10.0. The maximum absolute atomic E-state index is 13.2. The Morgan fingerprint density at radius 3 is 2.67 bits per heavy atom. The molecule has 1 fully saturated rings. The van der Waals surface area contributed by atoms with Crippen molar-refractivity contribution < 1.29 is 27.5 Å². The molecule has 1 N–H and O–H groups in total. The van der Waals surface area contributed by atoms with Crippen LogP contribution >= 0.6 is 0 Å². The smallest absolute Gasteiger partial charge is 0.394 e. The van der Waals surface area contributed by atoms with Gasteiger partial charge in [-0.3, -0.25) is 4.79 Å². The standard InChI is InChI=1S/C14H15F4NO2/c1-8-4-5-19(12(8)7-20)13(21)9-2-3-11(15)10(6-9)14(16,17)18/h2-3,6,8,12,20H,4-5,7H2,1H3. The van der Waals surface area contributed by atoms with Crippen LogP contribution in [0.2, 0.25) is 0 Å². The van der Waals surface area contributed by atoms with E-state index in [0.717, 1.165) is 6.07 Å². The SMILES string of the molecule is CC1CCN(C(=O)c2ccc(F)c(C(F)(F)F)c2)C1CO. The molecule has 2 atom stereocenters. The zero-order valence-electron chi connectivity index (χ0n) is 11.3. The van der Waals surface area contributed by atoms with Crippen molar-refractivity contribution in [2.45, 2.75) is 25.6 Å². The molecule has 1 heterocycles. The number of halogens is 4. The Morgan fingerprint density at radius 2 is 2.10 bits per heavy atom. The Morgan fingerprint density at radius 1 is 1.43 bits per heavy atom. The lowest BCUT2D eigenvalue weighted by molar-refractivity contribution is -0.140. The zero-order valence-corrected chi connectivity index (χ0v) is 11.3. The van der Waals surface area contributed by atoms with Crippen LogP contribution < -0.4 is 0 Å². The van der Waals surface area contributed by atoms with Crippen LogP contribution in [0.25, 0.3) is 0 Å². The van der Waals surface area contributed by atoms with Gasteiger partial charge < -0.3 is 10.0 Å². The quantitative estimate of drug-likeness (QED) is 0.854. The topological polar surface area (TPSA) is 40.5 Å². The molecule has 0 aromatic heterocycles. The molecule has 7 heteroatoms. The Balaban J connectivity index is 2.32. The second-order valence-corrected chi connectivity index (χ2v) is 5.21. The van der Waals surface area contributed by atoms with Crippen molar-refractivity contribution in [2.75, 3.05) is 13.2 Å². The van der Waals surface area contributed by atoms with Gasteiger partial charge in [0.25, 0.3) is 5.91 Å². The molecule has 21 heavy (non-hydrogen) atoms. The van der Waals surface area contributed by atoms with Crippen LogP contribution in [0, 0.1) is 11.7 Å². The number of carbonyl (C=O) groups excluding carboxylic acids is 1. The van der Waals surface area contributed by atoms with Crippen LogP contribution in [0.4, 0.5) is 17.6 Å². The summed E-state index contributed by atoms with van der Waals surface area (Å²) in [4.78, 5) is 13.6. The summed E-state index contributed by atoms with van der Waals surface area (Å²) in [5.41, 5.74) is -1.68. The second kappa shape index (κ2) is 5.63. The third-order valence-corrected chi connectivity index (χ3v) is 3.85. The van der Waals surface area contributed by atoms with Crippen LogP contribution in [0.5, 0.6) is 0 Å². The molecule has 1 aromatic carbocycles. The highest BCUT2D eigenvalue weighted by atomic mass is 19.4. The molecule has 1 aliphatic heterocycles. The summed E-state index contributed by atoms with van der Waals surface area (Å²) in [5, 5.41) is 9.30. The van der Waals surface area contributed by atoms with Gasteiger partial charge in [0.15, 0.2) is 0 Å². The van der Waals surface area contributed by atoms with Crippen molar-refractivity contribution in [2.24, 2.45) is 5.92 Å². The van der Waals surface area contributed by atoms with Gasteiger partial charge in [-0.25, -0.2) is 4.39 Å². The molecule has 2 unspecified atom stereocenters. The van der Waals surface area contributed by atoms with Gasteiger partial charge in [-0.15, -0.1) is 0 Å². The van der Waals surface area contributed by atoms with Crippen LogP contribution in [-0.4, -0.2) is 35.1 Å². The number of aliphatic hydroxyl groups is 1. The molecule has 0 radical (unpaired) electrons. The van der Waals surface area contributed by atoms with Crippen LogP contribution in [0.3, 0.4) is 0 Å². The average Bonchev–Trinajstić information content (AvgIpc) is 2.78. The van der Waals surface area contributed by atoms with Crippen molar-refractivity contribution in [1.29, 1.82) is 0 Å². The first kappa shape index (κ1) is 15.8. The highest BCUT2D eigenvalue weighted by Gasteiger charge is 2.37. The van der Waals surface area contributed by atoms with Gasteiger partial charge in [0.05, 0.1) is 18.2 Å². The Hall–Kier alpha value is -1.63. The van der Waals surface area contributed by atoms with Crippen molar-refractivity contribution in [1.82, 2.24) is 4.90 Å². The molecule has 1 amide bonds. The predicted octanol–water partition coefficient (Wildman–Crippen LogP) is 2.69. The number of hydrogen-bond donors (Lipinski definition) is 1. The van der Waals surface area contributed by atoms with E-state index in [1.54, 1.807) is 0 Å². The molecule has 1 aliphatic rings. The van der Waals surface area contributed by atoms with E-state index < -0.39 is 29.5 Å². The number of aliphatic hydroxyl groups excluding tert-OH is 1. The number of nitrogens with zero attached hydrogens (tertiary/aromatic N) is 1. The van der Waals surface area contributed by atoms with E-state index in [0.29, 0.717) is 25.1 Å². The van der Waals surface area contributed by atoms with Gasteiger partial charge in [0, 0.05) is 12.1 Å². The molecule has 3 nitrogen and oxygen atoms in total. The van der Waals surface area contributed by atoms with E-state index in [1.165, 1.54) is 4.90 Å². The summed E-state index contributed by atoms with van der Waals surface area (Å²) in [5.74, 6) is -1.96. The summed E-state index contributed by atoms with van der Waals surface area (Å²) in [6.07, 6.45) is -4.18. The van der Waals surface area contributed by atoms with E-state index in [9.17, 15) is 27.5 Å². The van der Waals surface area contributed by atoms with Crippen LogP contribution in [0.1, 0.15) is 29.3 Å². The van der Waals surface area contributed by atoms with Gasteiger partial charge in [-0.1, -0.05) is 6.92 Å². The minimum Gasteiger partial charge on any atom is -0.394 e. The minimum absolute atomic E-state index is 0.0708. The van der Waals surface area contributed by atoms with Gasteiger partial charge in [-0.2, -0.15) is 13.2 Å². The third kappa shape index (κ3) is 3.02. The Kier molecular flexibility index (Phi) is 4.22. The van der Waals surface area contributed by atoms with Crippen molar-refractivity contribution in [3.63, 3.8) is 0 Å². The van der Waals surface area contributed by atoms with E-state index in [2.05, 4.69) is 0 Å². The molecule has 116 valence electrons. The molecular weight excluding hydrogens is 290 g/mol. The summed E-state index contributed by atoms with van der Waals surface area (Å²) >= 11 is 0. The lowest BCUT2D eigenvalue weighted by Crippen LogP contribution is -2.39. The van der Waals surface area contributed by atoms with E-state index in [-0.39, 0.29) is 18.1 Å². The molecule has 0 aliphatic carbocycles. The largest absolute Gasteiger partial charge is 0.419 e. The fraction of sp³-hybridized carbons (Fsp3) is 0.500. The normalized spacial score (nSPS) is 22.7. The van der Waals surface area contributed by atoms with E-state index >= 15 is 0 Å². The monoisotopic (exact) mass is 305 g/mol. The highest BCUT2D eigenvalue weighted by Crippen LogP contribution is 2.33. The first-order valence-electron chi connectivity index (χ1n) is 6.54. The van der Waals surface area contributed by atoms with E-state index in [1.807, 2.05) is 6.92 Å². The summed E-state index contributed by atoms with van der Waals surface area (Å²) < 4.78 is 51.2. The summed E-state index contributed by atoms with van der Waals surface area (Å²) in [7, 11) is 0. The Bertz CT molecular complexity index is 544. The maximum Gasteiger partial charge on any atom is 0.419 e. The first-order valence-corrected chi connectivity index (χ1v) is 6.54. The van der Waals surface area contributed by atoms with Crippen molar-refractivity contribution in [3.05, 3.63) is 35.1 Å². The number of likely N-dealkylation sites (tertiary alicyclic amines) is 1. The number of amides is 1. The maximum atomic E-state index is 13.2. The van der Waals surface area contributed by atoms with Gasteiger partial charge in [0.1, 0.15) is 5.82 Å². The second-order valence-electron chi connectivity index (χ2n) is 5.21. The van der Waals surface area contributed by atoms with Crippen molar-refractivity contribution >= 4 is 5.91 Å². The minimum atomic E-state index is -4.85.